The van der Waals surface area contributed by atoms with Gasteiger partial charge in [0, 0.05) is 5.56 Å². The first-order chi connectivity index (χ1) is 9.90. The number of carboxylic acid groups (broad SMARTS) is 1. The number of hydrogen-bond acceptors (Lipinski definition) is 3. The number of aromatic hydroxyl groups is 1. The van der Waals surface area contributed by atoms with Crippen molar-refractivity contribution in [3.63, 3.8) is 0 Å². The van der Waals surface area contributed by atoms with E-state index in [9.17, 15) is 19.8 Å². The lowest BCUT2D eigenvalue weighted by molar-refractivity contribution is 0.0697. The molecule has 108 valence electrons. The van der Waals surface area contributed by atoms with E-state index < -0.39 is 11.9 Å². The number of aromatic carboxylic acids is 1. The average Bonchev–Trinajstić information content (AvgIpc) is 2.37. The molecular formula is C16H15NO4. The van der Waals surface area contributed by atoms with Crippen molar-refractivity contribution in [1.82, 2.24) is 0 Å². The van der Waals surface area contributed by atoms with Gasteiger partial charge < -0.3 is 15.5 Å². The molecule has 0 atom stereocenters. The molecule has 0 fully saturated rings. The van der Waals surface area contributed by atoms with Crippen LogP contribution in [0.5, 0.6) is 5.75 Å². The molecule has 0 unspecified atom stereocenters. The van der Waals surface area contributed by atoms with Crippen molar-refractivity contribution in [1.29, 1.82) is 0 Å². The SMILES string of the molecule is Cc1cc(O)ccc1C(=O)Nc1cccc(C)c1C(=O)O. The van der Waals surface area contributed by atoms with E-state index in [1.807, 2.05) is 0 Å². The number of benzene rings is 2. The van der Waals surface area contributed by atoms with Crippen LogP contribution in [0.3, 0.4) is 0 Å². The Morgan fingerprint density at radius 3 is 2.38 bits per heavy atom. The molecule has 0 heterocycles. The van der Waals surface area contributed by atoms with Crippen LogP contribution in [0.1, 0.15) is 31.8 Å². The minimum absolute atomic E-state index is 0.0716. The smallest absolute Gasteiger partial charge is 0.338 e. The topological polar surface area (TPSA) is 86.6 Å². The monoisotopic (exact) mass is 285 g/mol. The Hall–Kier alpha value is -2.82. The highest BCUT2D eigenvalue weighted by molar-refractivity contribution is 6.08. The molecule has 2 aromatic rings. The van der Waals surface area contributed by atoms with Gasteiger partial charge in [-0.2, -0.15) is 0 Å². The molecule has 0 aliphatic carbocycles. The lowest BCUT2D eigenvalue weighted by Crippen LogP contribution is -2.16. The molecule has 0 saturated carbocycles. The summed E-state index contributed by atoms with van der Waals surface area (Å²) in [5.74, 6) is -1.43. The van der Waals surface area contributed by atoms with Gasteiger partial charge in [0.1, 0.15) is 5.75 Å². The van der Waals surface area contributed by atoms with Crippen molar-refractivity contribution in [2.45, 2.75) is 13.8 Å². The first kappa shape index (κ1) is 14.6. The second kappa shape index (κ2) is 5.66. The number of carboxylic acids is 1. The normalized spacial score (nSPS) is 10.2. The number of carbonyl (C=O) groups excluding carboxylic acids is 1. The van der Waals surface area contributed by atoms with E-state index in [0.29, 0.717) is 16.7 Å². The van der Waals surface area contributed by atoms with Crippen LogP contribution in [-0.2, 0) is 0 Å². The van der Waals surface area contributed by atoms with Crippen LogP contribution in [0.25, 0.3) is 0 Å². The summed E-state index contributed by atoms with van der Waals surface area (Å²) in [6, 6.07) is 9.28. The average molecular weight is 285 g/mol. The maximum Gasteiger partial charge on any atom is 0.338 e. The van der Waals surface area contributed by atoms with Gasteiger partial charge in [0.25, 0.3) is 5.91 Å². The predicted molar refractivity (Wildman–Crippen MR) is 78.9 cm³/mol. The number of hydrogen-bond donors (Lipinski definition) is 3. The van der Waals surface area contributed by atoms with Gasteiger partial charge in [-0.05, 0) is 49.2 Å². The molecule has 0 bridgehead atoms. The Kier molecular flexibility index (Phi) is 3.93. The lowest BCUT2D eigenvalue weighted by Gasteiger charge is -2.12. The van der Waals surface area contributed by atoms with Crippen molar-refractivity contribution in [3.8, 4) is 5.75 Å². The summed E-state index contributed by atoms with van der Waals surface area (Å²) in [6.07, 6.45) is 0. The van der Waals surface area contributed by atoms with Gasteiger partial charge in [-0.15, -0.1) is 0 Å². The van der Waals surface area contributed by atoms with Crippen LogP contribution >= 0.6 is 0 Å². The zero-order valence-corrected chi connectivity index (χ0v) is 11.7. The Balaban J connectivity index is 2.36. The molecule has 0 aliphatic heterocycles. The van der Waals surface area contributed by atoms with E-state index in [-0.39, 0.29) is 17.0 Å². The van der Waals surface area contributed by atoms with Crippen molar-refractivity contribution in [2.75, 3.05) is 5.32 Å². The van der Waals surface area contributed by atoms with Crippen molar-refractivity contribution in [2.24, 2.45) is 0 Å². The molecule has 2 aromatic carbocycles. The highest BCUT2D eigenvalue weighted by Gasteiger charge is 2.16. The number of amides is 1. The van der Waals surface area contributed by atoms with Crippen LogP contribution in [-0.4, -0.2) is 22.1 Å². The van der Waals surface area contributed by atoms with Crippen LogP contribution in [0.4, 0.5) is 5.69 Å². The molecule has 5 nitrogen and oxygen atoms in total. The number of rotatable bonds is 3. The van der Waals surface area contributed by atoms with Crippen LogP contribution in [0, 0.1) is 13.8 Å². The molecule has 0 saturated heterocycles. The number of aryl methyl sites for hydroxylation is 2. The fraction of sp³-hybridized carbons (Fsp3) is 0.125. The zero-order chi connectivity index (χ0) is 15.6. The summed E-state index contributed by atoms with van der Waals surface area (Å²) >= 11 is 0. The summed E-state index contributed by atoms with van der Waals surface area (Å²) in [6.45, 7) is 3.37. The summed E-state index contributed by atoms with van der Waals surface area (Å²) in [5, 5.41) is 21.2. The quantitative estimate of drug-likeness (QED) is 0.809. The van der Waals surface area contributed by atoms with E-state index in [2.05, 4.69) is 5.32 Å². The van der Waals surface area contributed by atoms with E-state index in [1.165, 1.54) is 18.2 Å². The fourth-order valence-electron chi connectivity index (χ4n) is 2.15. The first-order valence-electron chi connectivity index (χ1n) is 6.34. The first-order valence-corrected chi connectivity index (χ1v) is 6.34. The van der Waals surface area contributed by atoms with E-state index in [0.717, 1.165) is 0 Å². The molecule has 1 amide bonds. The Bertz CT molecular complexity index is 722. The van der Waals surface area contributed by atoms with Gasteiger partial charge in [0.2, 0.25) is 0 Å². The lowest BCUT2D eigenvalue weighted by atomic mass is 10.0. The standard InChI is InChI=1S/C16H15NO4/c1-9-4-3-5-13(14(9)16(20)21)17-15(19)12-7-6-11(18)8-10(12)2/h3-8,18H,1-2H3,(H,17,19)(H,20,21). The highest BCUT2D eigenvalue weighted by Crippen LogP contribution is 2.22. The third-order valence-electron chi connectivity index (χ3n) is 3.19. The maximum atomic E-state index is 12.2. The number of nitrogens with one attached hydrogen (secondary N) is 1. The van der Waals surface area contributed by atoms with E-state index >= 15 is 0 Å². The molecule has 0 radical (unpaired) electrons. The van der Waals surface area contributed by atoms with Gasteiger partial charge in [-0.25, -0.2) is 4.79 Å². The molecule has 0 aromatic heterocycles. The highest BCUT2D eigenvalue weighted by atomic mass is 16.4. The molecule has 0 aliphatic rings. The number of anilines is 1. The second-order valence-electron chi connectivity index (χ2n) is 4.76. The third kappa shape index (κ3) is 3.02. The van der Waals surface area contributed by atoms with Crippen LogP contribution in [0.2, 0.25) is 0 Å². The number of phenols is 1. The molecule has 21 heavy (non-hydrogen) atoms. The van der Waals surface area contributed by atoms with Crippen molar-refractivity contribution < 1.29 is 19.8 Å². The fourth-order valence-corrected chi connectivity index (χ4v) is 2.15. The van der Waals surface area contributed by atoms with Gasteiger partial charge >= 0.3 is 5.97 Å². The van der Waals surface area contributed by atoms with Crippen molar-refractivity contribution >= 4 is 17.6 Å². The molecule has 0 spiro atoms. The Morgan fingerprint density at radius 2 is 1.76 bits per heavy atom. The van der Waals surface area contributed by atoms with Crippen molar-refractivity contribution in [3.05, 3.63) is 58.7 Å². The van der Waals surface area contributed by atoms with Gasteiger partial charge in [-0.1, -0.05) is 12.1 Å². The van der Waals surface area contributed by atoms with Gasteiger partial charge in [0.05, 0.1) is 11.3 Å². The van der Waals surface area contributed by atoms with Crippen LogP contribution < -0.4 is 5.32 Å². The molecule has 5 heteroatoms. The number of phenolic OH excluding ortho intramolecular Hbond substituents is 1. The summed E-state index contributed by atoms with van der Waals surface area (Å²) in [4.78, 5) is 23.5. The Morgan fingerprint density at radius 1 is 1.05 bits per heavy atom. The largest absolute Gasteiger partial charge is 0.508 e. The predicted octanol–water partition coefficient (Wildman–Crippen LogP) is 2.96. The molecular weight excluding hydrogens is 270 g/mol. The minimum atomic E-state index is -1.09. The van der Waals surface area contributed by atoms with E-state index in [4.69, 9.17) is 0 Å². The number of carbonyl (C=O) groups is 2. The summed E-state index contributed by atoms with van der Waals surface area (Å²) in [7, 11) is 0. The van der Waals surface area contributed by atoms with E-state index in [1.54, 1.807) is 32.0 Å². The van der Waals surface area contributed by atoms with Crippen LogP contribution in [0.15, 0.2) is 36.4 Å². The third-order valence-corrected chi connectivity index (χ3v) is 3.19. The molecule has 2 rings (SSSR count). The zero-order valence-electron chi connectivity index (χ0n) is 11.7. The second-order valence-corrected chi connectivity index (χ2v) is 4.76. The Labute approximate surface area is 121 Å². The molecule has 3 N–H and O–H groups in total. The summed E-state index contributed by atoms with van der Waals surface area (Å²) < 4.78 is 0. The maximum absolute atomic E-state index is 12.2. The minimum Gasteiger partial charge on any atom is -0.508 e. The van der Waals surface area contributed by atoms with Gasteiger partial charge in [0.15, 0.2) is 0 Å². The van der Waals surface area contributed by atoms with Gasteiger partial charge in [-0.3, -0.25) is 4.79 Å². The summed E-state index contributed by atoms with van der Waals surface area (Å²) in [5.41, 5.74) is 1.88.